The summed E-state index contributed by atoms with van der Waals surface area (Å²) in [6, 6.07) is 8.66. The first kappa shape index (κ1) is 15.6. The van der Waals surface area contributed by atoms with Gasteiger partial charge in [-0.05, 0) is 45.2 Å². The van der Waals surface area contributed by atoms with Gasteiger partial charge in [-0.3, -0.25) is 0 Å². The number of hydrogen-bond acceptors (Lipinski definition) is 2. The fourth-order valence-corrected chi connectivity index (χ4v) is 2.85. The van der Waals surface area contributed by atoms with Gasteiger partial charge in [0.2, 0.25) is 0 Å². The third-order valence-corrected chi connectivity index (χ3v) is 4.67. The fourth-order valence-electron chi connectivity index (χ4n) is 1.67. The summed E-state index contributed by atoms with van der Waals surface area (Å²) in [6.45, 7) is 14.5. The molecule has 1 unspecified atom stereocenters. The van der Waals surface area contributed by atoms with Gasteiger partial charge in [0.25, 0.3) is 0 Å². The number of benzene rings is 1. The van der Waals surface area contributed by atoms with Crippen LogP contribution in [0.4, 0.5) is 0 Å². The van der Waals surface area contributed by atoms with Crippen molar-refractivity contribution in [2.24, 2.45) is 5.92 Å². The molecule has 0 fully saturated rings. The zero-order chi connectivity index (χ0) is 13.8. The Labute approximate surface area is 117 Å². The molecule has 0 aliphatic rings. The van der Waals surface area contributed by atoms with Crippen LogP contribution in [0.3, 0.4) is 0 Å². The lowest BCUT2D eigenvalue weighted by Gasteiger charge is -2.27. The summed E-state index contributed by atoms with van der Waals surface area (Å²) in [5.41, 5.74) is 1.57. The third-order valence-electron chi connectivity index (χ3n) is 2.95. The van der Waals surface area contributed by atoms with Gasteiger partial charge in [0.15, 0.2) is 0 Å². The standard InChI is InChI=1S/C16H27NS/c1-12(2)15(11-17-16(4,5)6)18-14-10-8-7-9-13(14)3/h7-10,12,15,17H,11H2,1-6H3. The highest BCUT2D eigenvalue weighted by molar-refractivity contribution is 8.00. The molecule has 1 N–H and O–H groups in total. The van der Waals surface area contributed by atoms with Crippen molar-refractivity contribution in [2.45, 2.75) is 57.2 Å². The predicted molar refractivity (Wildman–Crippen MR) is 83.4 cm³/mol. The lowest BCUT2D eigenvalue weighted by Crippen LogP contribution is -2.41. The van der Waals surface area contributed by atoms with Crippen molar-refractivity contribution < 1.29 is 0 Å². The molecule has 0 aromatic heterocycles. The van der Waals surface area contributed by atoms with Gasteiger partial charge in [0.05, 0.1) is 0 Å². The van der Waals surface area contributed by atoms with E-state index in [2.05, 4.69) is 71.1 Å². The van der Waals surface area contributed by atoms with Crippen LogP contribution in [0, 0.1) is 12.8 Å². The van der Waals surface area contributed by atoms with Crippen molar-refractivity contribution >= 4 is 11.8 Å². The molecule has 0 aliphatic heterocycles. The maximum absolute atomic E-state index is 3.62. The van der Waals surface area contributed by atoms with Crippen LogP contribution in [0.5, 0.6) is 0 Å². The molecule has 2 heteroatoms. The van der Waals surface area contributed by atoms with E-state index in [0.717, 1.165) is 6.54 Å². The number of rotatable bonds is 5. The summed E-state index contributed by atoms with van der Waals surface area (Å²) in [6.07, 6.45) is 0. The van der Waals surface area contributed by atoms with Gasteiger partial charge in [0, 0.05) is 22.2 Å². The molecule has 0 saturated heterocycles. The molecule has 1 nitrogen and oxygen atoms in total. The molecule has 0 radical (unpaired) electrons. The lowest BCUT2D eigenvalue weighted by molar-refractivity contribution is 0.408. The van der Waals surface area contributed by atoms with Crippen molar-refractivity contribution in [1.82, 2.24) is 5.32 Å². The van der Waals surface area contributed by atoms with Crippen LogP contribution in [0.25, 0.3) is 0 Å². The maximum Gasteiger partial charge on any atom is 0.0243 e. The number of hydrogen-bond donors (Lipinski definition) is 1. The highest BCUT2D eigenvalue weighted by atomic mass is 32.2. The second-order valence-electron chi connectivity index (χ2n) is 6.30. The molecule has 18 heavy (non-hydrogen) atoms. The monoisotopic (exact) mass is 265 g/mol. The Bertz CT molecular complexity index is 366. The highest BCUT2D eigenvalue weighted by Gasteiger charge is 2.18. The molecule has 1 aromatic carbocycles. The zero-order valence-electron chi connectivity index (χ0n) is 12.6. The molecule has 102 valence electrons. The van der Waals surface area contributed by atoms with Crippen LogP contribution in [0.15, 0.2) is 29.2 Å². The highest BCUT2D eigenvalue weighted by Crippen LogP contribution is 2.30. The van der Waals surface area contributed by atoms with Crippen LogP contribution in [0.2, 0.25) is 0 Å². The Morgan fingerprint density at radius 3 is 2.28 bits per heavy atom. The summed E-state index contributed by atoms with van der Waals surface area (Å²) in [7, 11) is 0. The maximum atomic E-state index is 3.62. The predicted octanol–water partition coefficient (Wildman–Crippen LogP) is 4.50. The van der Waals surface area contributed by atoms with E-state index in [1.165, 1.54) is 10.5 Å². The van der Waals surface area contributed by atoms with Crippen molar-refractivity contribution in [3.63, 3.8) is 0 Å². The summed E-state index contributed by atoms with van der Waals surface area (Å²) in [5, 5.41) is 4.24. The van der Waals surface area contributed by atoms with E-state index in [-0.39, 0.29) is 5.54 Å². The molecule has 1 aromatic rings. The van der Waals surface area contributed by atoms with E-state index in [1.54, 1.807) is 0 Å². The van der Waals surface area contributed by atoms with Crippen LogP contribution in [-0.4, -0.2) is 17.3 Å². The number of thioether (sulfide) groups is 1. The molecule has 0 bridgehead atoms. The molecule has 1 atom stereocenters. The zero-order valence-corrected chi connectivity index (χ0v) is 13.4. The van der Waals surface area contributed by atoms with E-state index >= 15 is 0 Å². The molecular formula is C16H27NS. The second-order valence-corrected chi connectivity index (χ2v) is 7.58. The Kier molecular flexibility index (Phi) is 5.74. The number of nitrogens with one attached hydrogen (secondary N) is 1. The van der Waals surface area contributed by atoms with Crippen molar-refractivity contribution in [3.05, 3.63) is 29.8 Å². The Balaban J connectivity index is 2.67. The minimum atomic E-state index is 0.194. The summed E-state index contributed by atoms with van der Waals surface area (Å²) in [4.78, 5) is 1.41. The van der Waals surface area contributed by atoms with Gasteiger partial charge in [-0.25, -0.2) is 0 Å². The third kappa shape index (κ3) is 5.45. The molecule has 0 spiro atoms. The SMILES string of the molecule is Cc1ccccc1SC(CNC(C)(C)C)C(C)C. The van der Waals surface area contributed by atoms with Crippen LogP contribution in [-0.2, 0) is 0 Å². The Morgan fingerprint density at radius 2 is 1.78 bits per heavy atom. The largest absolute Gasteiger partial charge is 0.311 e. The van der Waals surface area contributed by atoms with Crippen molar-refractivity contribution in [2.75, 3.05) is 6.54 Å². The van der Waals surface area contributed by atoms with E-state index < -0.39 is 0 Å². The lowest BCUT2D eigenvalue weighted by atomic mass is 10.1. The van der Waals surface area contributed by atoms with Gasteiger partial charge in [-0.1, -0.05) is 32.0 Å². The molecule has 1 rings (SSSR count). The molecule has 0 saturated carbocycles. The Hall–Kier alpha value is -0.470. The van der Waals surface area contributed by atoms with Gasteiger partial charge in [-0.15, -0.1) is 11.8 Å². The normalized spacial score (nSPS) is 13.9. The summed E-state index contributed by atoms with van der Waals surface area (Å²) >= 11 is 2.00. The average Bonchev–Trinajstić information content (AvgIpc) is 2.24. The van der Waals surface area contributed by atoms with Crippen LogP contribution >= 0.6 is 11.8 Å². The fraction of sp³-hybridized carbons (Fsp3) is 0.625. The first-order chi connectivity index (χ1) is 8.29. The average molecular weight is 265 g/mol. The van der Waals surface area contributed by atoms with Gasteiger partial charge < -0.3 is 5.32 Å². The minimum absolute atomic E-state index is 0.194. The Morgan fingerprint density at radius 1 is 1.17 bits per heavy atom. The minimum Gasteiger partial charge on any atom is -0.311 e. The molecule has 0 aliphatic carbocycles. The first-order valence-electron chi connectivity index (χ1n) is 6.77. The quantitative estimate of drug-likeness (QED) is 0.787. The van der Waals surface area contributed by atoms with Crippen molar-refractivity contribution in [1.29, 1.82) is 0 Å². The smallest absolute Gasteiger partial charge is 0.0243 e. The van der Waals surface area contributed by atoms with E-state index in [9.17, 15) is 0 Å². The van der Waals surface area contributed by atoms with E-state index in [4.69, 9.17) is 0 Å². The van der Waals surface area contributed by atoms with Gasteiger partial charge in [0.1, 0.15) is 0 Å². The van der Waals surface area contributed by atoms with Crippen LogP contribution < -0.4 is 5.32 Å². The molecule has 0 amide bonds. The molecular weight excluding hydrogens is 238 g/mol. The van der Waals surface area contributed by atoms with Crippen LogP contribution in [0.1, 0.15) is 40.2 Å². The summed E-state index contributed by atoms with van der Waals surface area (Å²) < 4.78 is 0. The van der Waals surface area contributed by atoms with Crippen molar-refractivity contribution in [3.8, 4) is 0 Å². The second kappa shape index (κ2) is 6.63. The topological polar surface area (TPSA) is 12.0 Å². The first-order valence-corrected chi connectivity index (χ1v) is 7.65. The van der Waals surface area contributed by atoms with Gasteiger partial charge in [-0.2, -0.15) is 0 Å². The van der Waals surface area contributed by atoms with E-state index in [0.29, 0.717) is 11.2 Å². The summed E-state index contributed by atoms with van der Waals surface area (Å²) in [5.74, 6) is 0.671. The van der Waals surface area contributed by atoms with E-state index in [1.807, 2.05) is 11.8 Å². The van der Waals surface area contributed by atoms with Gasteiger partial charge >= 0.3 is 0 Å². The number of aryl methyl sites for hydroxylation is 1. The molecule has 0 heterocycles.